The minimum atomic E-state index is -3.63. The monoisotopic (exact) mass is 376 g/mol. The average molecular weight is 377 g/mol. The number of anilines is 1. The third-order valence-electron chi connectivity index (χ3n) is 3.76. The van der Waals surface area contributed by atoms with Crippen LogP contribution in [0.5, 0.6) is 0 Å². The molecule has 1 aliphatic rings. The van der Waals surface area contributed by atoms with Crippen LogP contribution >= 0.6 is 11.8 Å². The SMILES string of the molecule is CC(C)NS(=O)(=O)c1cccc(C(=O)N2CCSc3ccccc32)c1. The van der Waals surface area contributed by atoms with Crippen LogP contribution in [0.15, 0.2) is 58.3 Å². The predicted octanol–water partition coefficient (Wildman–Crippen LogP) is 3.13. The third kappa shape index (κ3) is 3.89. The smallest absolute Gasteiger partial charge is 0.258 e. The Balaban J connectivity index is 1.93. The number of carbonyl (C=O) groups excluding carboxylic acids is 1. The molecule has 25 heavy (non-hydrogen) atoms. The van der Waals surface area contributed by atoms with E-state index in [1.807, 2.05) is 24.3 Å². The normalized spacial score (nSPS) is 14.4. The van der Waals surface area contributed by atoms with Gasteiger partial charge in [-0.1, -0.05) is 18.2 Å². The van der Waals surface area contributed by atoms with Crippen LogP contribution < -0.4 is 9.62 Å². The highest BCUT2D eigenvalue weighted by Crippen LogP contribution is 2.35. The summed E-state index contributed by atoms with van der Waals surface area (Å²) >= 11 is 1.72. The fourth-order valence-corrected chi connectivity index (χ4v) is 5.00. The van der Waals surface area contributed by atoms with Gasteiger partial charge in [0.05, 0.1) is 10.6 Å². The van der Waals surface area contributed by atoms with Gasteiger partial charge in [0.2, 0.25) is 10.0 Å². The standard InChI is InChI=1S/C18H20N2O3S2/c1-13(2)19-25(22,23)15-7-5-6-14(12-15)18(21)20-10-11-24-17-9-4-3-8-16(17)20/h3-9,12-13,19H,10-11H2,1-2H3. The Morgan fingerprint density at radius 3 is 2.68 bits per heavy atom. The Morgan fingerprint density at radius 2 is 1.92 bits per heavy atom. The molecule has 5 nitrogen and oxygen atoms in total. The summed E-state index contributed by atoms with van der Waals surface area (Å²) in [6, 6.07) is 13.7. The van der Waals surface area contributed by atoms with Crippen molar-refractivity contribution < 1.29 is 13.2 Å². The number of nitrogens with zero attached hydrogens (tertiary/aromatic N) is 1. The van der Waals surface area contributed by atoms with E-state index >= 15 is 0 Å². The highest BCUT2D eigenvalue weighted by molar-refractivity contribution is 7.99. The molecule has 0 bridgehead atoms. The second-order valence-corrected chi connectivity index (χ2v) is 8.93. The van der Waals surface area contributed by atoms with Crippen LogP contribution in [0.3, 0.4) is 0 Å². The minimum Gasteiger partial charge on any atom is -0.306 e. The highest BCUT2D eigenvalue weighted by atomic mass is 32.2. The van der Waals surface area contributed by atoms with E-state index in [4.69, 9.17) is 0 Å². The van der Waals surface area contributed by atoms with Crippen LogP contribution in [-0.4, -0.2) is 32.7 Å². The zero-order valence-corrected chi connectivity index (χ0v) is 15.7. The van der Waals surface area contributed by atoms with E-state index in [2.05, 4.69) is 4.72 Å². The first-order valence-electron chi connectivity index (χ1n) is 8.04. The Morgan fingerprint density at radius 1 is 1.16 bits per heavy atom. The number of carbonyl (C=O) groups is 1. The molecule has 7 heteroatoms. The molecule has 0 unspecified atom stereocenters. The molecular weight excluding hydrogens is 356 g/mol. The first-order valence-corrected chi connectivity index (χ1v) is 10.5. The van der Waals surface area contributed by atoms with Crippen molar-refractivity contribution in [2.45, 2.75) is 29.7 Å². The number of para-hydroxylation sites is 1. The molecule has 1 aliphatic heterocycles. The molecule has 2 aromatic rings. The van der Waals surface area contributed by atoms with Gasteiger partial charge < -0.3 is 4.90 Å². The van der Waals surface area contributed by atoms with Crippen molar-refractivity contribution >= 4 is 33.4 Å². The number of sulfonamides is 1. The maximum Gasteiger partial charge on any atom is 0.258 e. The number of benzene rings is 2. The van der Waals surface area contributed by atoms with Crippen LogP contribution in [0.2, 0.25) is 0 Å². The largest absolute Gasteiger partial charge is 0.306 e. The number of hydrogen-bond acceptors (Lipinski definition) is 4. The van der Waals surface area contributed by atoms with Crippen molar-refractivity contribution in [1.82, 2.24) is 4.72 Å². The quantitative estimate of drug-likeness (QED) is 0.890. The van der Waals surface area contributed by atoms with E-state index in [-0.39, 0.29) is 16.8 Å². The summed E-state index contributed by atoms with van der Waals surface area (Å²) in [5.41, 5.74) is 1.24. The first kappa shape index (κ1) is 18.0. The van der Waals surface area contributed by atoms with Gasteiger partial charge in [-0.2, -0.15) is 0 Å². The van der Waals surface area contributed by atoms with Gasteiger partial charge in [-0.25, -0.2) is 13.1 Å². The van der Waals surface area contributed by atoms with Gasteiger partial charge in [-0.15, -0.1) is 11.8 Å². The zero-order chi connectivity index (χ0) is 18.0. The number of nitrogens with one attached hydrogen (secondary N) is 1. The number of thioether (sulfide) groups is 1. The molecule has 0 radical (unpaired) electrons. The van der Waals surface area contributed by atoms with Crippen molar-refractivity contribution in [2.24, 2.45) is 0 Å². The Kier molecular flexibility index (Phi) is 5.17. The van der Waals surface area contributed by atoms with E-state index < -0.39 is 10.0 Å². The molecule has 2 aromatic carbocycles. The molecule has 0 spiro atoms. The van der Waals surface area contributed by atoms with Crippen LogP contribution in [0.4, 0.5) is 5.69 Å². The van der Waals surface area contributed by atoms with Crippen LogP contribution in [0.25, 0.3) is 0 Å². The lowest BCUT2D eigenvalue weighted by Gasteiger charge is -2.29. The summed E-state index contributed by atoms with van der Waals surface area (Å²) in [4.78, 5) is 15.8. The van der Waals surface area contributed by atoms with Crippen molar-refractivity contribution in [2.75, 3.05) is 17.2 Å². The van der Waals surface area contributed by atoms with Crippen LogP contribution in [0.1, 0.15) is 24.2 Å². The van der Waals surface area contributed by atoms with E-state index in [0.717, 1.165) is 16.3 Å². The lowest BCUT2D eigenvalue weighted by atomic mass is 10.1. The second-order valence-electron chi connectivity index (χ2n) is 6.08. The zero-order valence-electron chi connectivity index (χ0n) is 14.1. The highest BCUT2D eigenvalue weighted by Gasteiger charge is 2.25. The Hall–Kier alpha value is -1.83. The molecule has 1 amide bonds. The van der Waals surface area contributed by atoms with Crippen molar-refractivity contribution in [3.05, 3.63) is 54.1 Å². The van der Waals surface area contributed by atoms with E-state index in [1.165, 1.54) is 12.1 Å². The molecule has 0 fully saturated rings. The van der Waals surface area contributed by atoms with Gasteiger partial charge in [-0.3, -0.25) is 4.79 Å². The fourth-order valence-electron chi connectivity index (χ4n) is 2.71. The Bertz CT molecular complexity index is 895. The summed E-state index contributed by atoms with van der Waals surface area (Å²) < 4.78 is 27.2. The third-order valence-corrected chi connectivity index (χ3v) is 6.45. The van der Waals surface area contributed by atoms with Gasteiger partial charge in [0.25, 0.3) is 5.91 Å². The van der Waals surface area contributed by atoms with E-state index in [0.29, 0.717) is 12.1 Å². The predicted molar refractivity (Wildman–Crippen MR) is 101 cm³/mol. The van der Waals surface area contributed by atoms with Crippen molar-refractivity contribution in [3.63, 3.8) is 0 Å². The first-order chi connectivity index (χ1) is 11.9. The maximum atomic E-state index is 13.0. The molecule has 1 heterocycles. The van der Waals surface area contributed by atoms with Crippen LogP contribution in [-0.2, 0) is 10.0 Å². The summed E-state index contributed by atoms with van der Waals surface area (Å²) in [5, 5.41) is 0. The molecule has 0 aromatic heterocycles. The van der Waals surface area contributed by atoms with E-state index in [9.17, 15) is 13.2 Å². The number of fused-ring (bicyclic) bond motifs is 1. The molecule has 1 N–H and O–H groups in total. The van der Waals surface area contributed by atoms with Crippen molar-refractivity contribution in [1.29, 1.82) is 0 Å². The van der Waals surface area contributed by atoms with Gasteiger partial charge in [-0.05, 0) is 44.2 Å². The van der Waals surface area contributed by atoms with Gasteiger partial charge in [0, 0.05) is 28.8 Å². The summed E-state index contributed by atoms with van der Waals surface area (Å²) in [6.45, 7) is 4.12. The summed E-state index contributed by atoms with van der Waals surface area (Å²) in [5.74, 6) is 0.629. The average Bonchev–Trinajstić information content (AvgIpc) is 2.60. The lowest BCUT2D eigenvalue weighted by molar-refractivity contribution is 0.0987. The minimum absolute atomic E-state index is 0.103. The number of rotatable bonds is 4. The summed E-state index contributed by atoms with van der Waals surface area (Å²) in [7, 11) is -3.63. The fraction of sp³-hybridized carbons (Fsp3) is 0.278. The van der Waals surface area contributed by atoms with Crippen molar-refractivity contribution in [3.8, 4) is 0 Å². The molecule has 0 saturated carbocycles. The second kappa shape index (κ2) is 7.19. The molecule has 132 valence electrons. The van der Waals surface area contributed by atoms with E-state index in [1.54, 1.807) is 42.6 Å². The summed E-state index contributed by atoms with van der Waals surface area (Å²) in [6.07, 6.45) is 0. The molecule has 0 atom stereocenters. The molecule has 0 aliphatic carbocycles. The lowest BCUT2D eigenvalue weighted by Crippen LogP contribution is -2.35. The van der Waals surface area contributed by atoms with Crippen LogP contribution in [0, 0.1) is 0 Å². The number of hydrogen-bond donors (Lipinski definition) is 1. The molecular formula is C18H20N2O3S2. The van der Waals surface area contributed by atoms with Gasteiger partial charge >= 0.3 is 0 Å². The Labute approximate surface area is 152 Å². The molecule has 0 saturated heterocycles. The molecule has 3 rings (SSSR count). The van der Waals surface area contributed by atoms with Gasteiger partial charge in [0.15, 0.2) is 0 Å². The van der Waals surface area contributed by atoms with Gasteiger partial charge in [0.1, 0.15) is 0 Å². The maximum absolute atomic E-state index is 13.0. The topological polar surface area (TPSA) is 66.5 Å². The number of amides is 1.